The number of carbonyl (C=O) groups is 1. The van der Waals surface area contributed by atoms with Crippen LogP contribution in [0.15, 0.2) is 48.5 Å². The molecule has 0 fully saturated rings. The van der Waals surface area contributed by atoms with E-state index in [9.17, 15) is 4.79 Å². The van der Waals surface area contributed by atoms with Crippen molar-refractivity contribution in [3.8, 4) is 11.5 Å². The standard InChI is InChI=1S/C18H18O4/c1-12(19)21-18-11-16(13-6-4-3-5-7-13)22-17-10-14(20-2)8-9-15(17)18/h3-10,16,18H,11H2,1-2H3/t16-,18+/m1/s1. The van der Waals surface area contributed by atoms with Crippen molar-refractivity contribution in [3.05, 3.63) is 59.7 Å². The molecule has 0 bridgehead atoms. The number of carbonyl (C=O) groups excluding carboxylic acids is 1. The van der Waals surface area contributed by atoms with Crippen molar-refractivity contribution in [2.45, 2.75) is 25.6 Å². The highest BCUT2D eigenvalue weighted by Gasteiger charge is 2.31. The number of benzene rings is 2. The molecule has 1 aliphatic heterocycles. The minimum absolute atomic E-state index is 0.148. The van der Waals surface area contributed by atoms with Crippen molar-refractivity contribution in [3.63, 3.8) is 0 Å². The van der Waals surface area contributed by atoms with Crippen molar-refractivity contribution < 1.29 is 19.0 Å². The number of rotatable bonds is 3. The van der Waals surface area contributed by atoms with E-state index in [2.05, 4.69) is 0 Å². The lowest BCUT2D eigenvalue weighted by molar-refractivity contribution is -0.149. The van der Waals surface area contributed by atoms with Gasteiger partial charge >= 0.3 is 5.97 Å². The highest BCUT2D eigenvalue weighted by atomic mass is 16.6. The molecule has 0 aromatic heterocycles. The number of fused-ring (bicyclic) bond motifs is 1. The van der Waals surface area contributed by atoms with Gasteiger partial charge in [-0.2, -0.15) is 0 Å². The lowest BCUT2D eigenvalue weighted by atomic mass is 9.94. The highest BCUT2D eigenvalue weighted by molar-refractivity contribution is 5.66. The Morgan fingerprint density at radius 2 is 1.95 bits per heavy atom. The topological polar surface area (TPSA) is 44.8 Å². The first-order valence-electron chi connectivity index (χ1n) is 7.24. The molecule has 0 saturated heterocycles. The van der Waals surface area contributed by atoms with Gasteiger partial charge < -0.3 is 14.2 Å². The molecule has 1 heterocycles. The Labute approximate surface area is 129 Å². The third kappa shape index (κ3) is 2.91. The number of hydrogen-bond donors (Lipinski definition) is 0. The van der Waals surface area contributed by atoms with Gasteiger partial charge in [0.15, 0.2) is 0 Å². The molecule has 22 heavy (non-hydrogen) atoms. The average Bonchev–Trinajstić information content (AvgIpc) is 2.54. The van der Waals surface area contributed by atoms with Crippen molar-refractivity contribution >= 4 is 5.97 Å². The van der Waals surface area contributed by atoms with E-state index in [-0.39, 0.29) is 18.2 Å². The smallest absolute Gasteiger partial charge is 0.303 e. The van der Waals surface area contributed by atoms with Gasteiger partial charge in [0, 0.05) is 25.0 Å². The summed E-state index contributed by atoms with van der Waals surface area (Å²) >= 11 is 0. The van der Waals surface area contributed by atoms with Crippen LogP contribution in [0.5, 0.6) is 11.5 Å². The van der Waals surface area contributed by atoms with Crippen LogP contribution in [0.4, 0.5) is 0 Å². The molecule has 0 N–H and O–H groups in total. The first-order chi connectivity index (χ1) is 10.7. The Morgan fingerprint density at radius 3 is 2.64 bits per heavy atom. The van der Waals surface area contributed by atoms with Gasteiger partial charge in [-0.15, -0.1) is 0 Å². The molecule has 2 aromatic rings. The lowest BCUT2D eigenvalue weighted by Crippen LogP contribution is -2.22. The Balaban J connectivity index is 1.97. The normalized spacial score (nSPS) is 19.7. The van der Waals surface area contributed by atoms with Gasteiger partial charge in [-0.25, -0.2) is 0 Å². The van der Waals surface area contributed by atoms with Gasteiger partial charge in [0.1, 0.15) is 23.7 Å². The third-order valence-corrected chi connectivity index (χ3v) is 3.74. The maximum absolute atomic E-state index is 11.4. The number of hydrogen-bond acceptors (Lipinski definition) is 4. The van der Waals surface area contributed by atoms with Crippen molar-refractivity contribution in [1.29, 1.82) is 0 Å². The minimum Gasteiger partial charge on any atom is -0.497 e. The van der Waals surface area contributed by atoms with Crippen LogP contribution in [-0.4, -0.2) is 13.1 Å². The van der Waals surface area contributed by atoms with Crippen LogP contribution < -0.4 is 9.47 Å². The fourth-order valence-corrected chi connectivity index (χ4v) is 2.72. The molecule has 4 nitrogen and oxygen atoms in total. The average molecular weight is 298 g/mol. The summed E-state index contributed by atoms with van der Waals surface area (Å²) in [5.74, 6) is 1.13. The van der Waals surface area contributed by atoms with E-state index >= 15 is 0 Å². The third-order valence-electron chi connectivity index (χ3n) is 3.74. The summed E-state index contributed by atoms with van der Waals surface area (Å²) < 4.78 is 16.8. The molecular formula is C18H18O4. The van der Waals surface area contributed by atoms with Gasteiger partial charge in [0.2, 0.25) is 0 Å². The monoisotopic (exact) mass is 298 g/mol. The van der Waals surface area contributed by atoms with Crippen LogP contribution in [0.2, 0.25) is 0 Å². The molecule has 0 saturated carbocycles. The van der Waals surface area contributed by atoms with Crippen LogP contribution in [-0.2, 0) is 9.53 Å². The second-order valence-electron chi connectivity index (χ2n) is 5.25. The number of ether oxygens (including phenoxy) is 3. The van der Waals surface area contributed by atoms with E-state index < -0.39 is 0 Å². The zero-order valence-corrected chi connectivity index (χ0v) is 12.6. The fraction of sp³-hybridized carbons (Fsp3) is 0.278. The minimum atomic E-state index is -0.308. The van der Waals surface area contributed by atoms with Crippen LogP contribution in [0.25, 0.3) is 0 Å². The molecule has 2 atom stereocenters. The van der Waals surface area contributed by atoms with Crippen molar-refractivity contribution in [2.24, 2.45) is 0 Å². The highest BCUT2D eigenvalue weighted by Crippen LogP contribution is 2.44. The first kappa shape index (κ1) is 14.4. The van der Waals surface area contributed by atoms with Gasteiger partial charge in [0.05, 0.1) is 7.11 Å². The Bertz CT molecular complexity index is 666. The van der Waals surface area contributed by atoms with Gasteiger partial charge in [0.25, 0.3) is 0 Å². The fourth-order valence-electron chi connectivity index (χ4n) is 2.72. The lowest BCUT2D eigenvalue weighted by Gasteiger charge is -2.32. The molecule has 0 amide bonds. The summed E-state index contributed by atoms with van der Waals surface area (Å²) in [6.45, 7) is 1.43. The SMILES string of the molecule is COc1ccc2c(c1)O[C@@H](c1ccccc1)C[C@@H]2OC(C)=O. The number of esters is 1. The molecule has 1 aliphatic rings. The summed E-state index contributed by atoms with van der Waals surface area (Å²) in [6, 6.07) is 15.5. The van der Waals surface area contributed by atoms with Crippen LogP contribution in [0.3, 0.4) is 0 Å². The zero-order chi connectivity index (χ0) is 15.5. The maximum Gasteiger partial charge on any atom is 0.303 e. The largest absolute Gasteiger partial charge is 0.497 e. The molecule has 2 aromatic carbocycles. The van der Waals surface area contributed by atoms with Crippen molar-refractivity contribution in [1.82, 2.24) is 0 Å². The predicted molar refractivity (Wildman–Crippen MR) is 81.9 cm³/mol. The Hall–Kier alpha value is -2.49. The molecule has 0 aliphatic carbocycles. The summed E-state index contributed by atoms with van der Waals surface area (Å²) in [5, 5.41) is 0. The molecule has 0 radical (unpaired) electrons. The van der Waals surface area contributed by atoms with Crippen LogP contribution in [0, 0.1) is 0 Å². The van der Waals surface area contributed by atoms with Crippen LogP contribution >= 0.6 is 0 Å². The van der Waals surface area contributed by atoms with E-state index in [1.165, 1.54) is 6.92 Å². The molecule has 4 heteroatoms. The van der Waals surface area contributed by atoms with E-state index in [0.717, 1.165) is 11.1 Å². The molecule has 0 unspecified atom stereocenters. The Kier molecular flexibility index (Phi) is 4.00. The second kappa shape index (κ2) is 6.10. The Morgan fingerprint density at radius 1 is 1.18 bits per heavy atom. The summed E-state index contributed by atoms with van der Waals surface area (Å²) in [6.07, 6.45) is 0.144. The molecular weight excluding hydrogens is 280 g/mol. The predicted octanol–water partition coefficient (Wildman–Crippen LogP) is 3.82. The molecule has 114 valence electrons. The molecule has 3 rings (SSSR count). The first-order valence-corrected chi connectivity index (χ1v) is 7.24. The zero-order valence-electron chi connectivity index (χ0n) is 12.6. The van der Waals surface area contributed by atoms with Gasteiger partial charge in [-0.05, 0) is 17.7 Å². The second-order valence-corrected chi connectivity index (χ2v) is 5.25. The van der Waals surface area contributed by atoms with E-state index in [1.54, 1.807) is 7.11 Å². The van der Waals surface area contributed by atoms with Crippen LogP contribution in [0.1, 0.15) is 36.7 Å². The number of methoxy groups -OCH3 is 1. The summed E-state index contributed by atoms with van der Waals surface area (Å²) in [5.41, 5.74) is 1.94. The summed E-state index contributed by atoms with van der Waals surface area (Å²) in [4.78, 5) is 11.4. The van der Waals surface area contributed by atoms with E-state index in [1.807, 2.05) is 48.5 Å². The summed E-state index contributed by atoms with van der Waals surface area (Å²) in [7, 11) is 1.61. The van der Waals surface area contributed by atoms with Crippen molar-refractivity contribution in [2.75, 3.05) is 7.11 Å². The van der Waals surface area contributed by atoms with Gasteiger partial charge in [-0.3, -0.25) is 4.79 Å². The van der Waals surface area contributed by atoms with E-state index in [0.29, 0.717) is 17.9 Å². The molecule has 0 spiro atoms. The quantitative estimate of drug-likeness (QED) is 0.808. The van der Waals surface area contributed by atoms with Gasteiger partial charge in [-0.1, -0.05) is 30.3 Å². The maximum atomic E-state index is 11.4. The van der Waals surface area contributed by atoms with E-state index in [4.69, 9.17) is 14.2 Å².